The van der Waals surface area contributed by atoms with Gasteiger partial charge in [-0.2, -0.15) is 0 Å². The van der Waals surface area contributed by atoms with E-state index in [1.807, 2.05) is 50.5 Å². The Morgan fingerprint density at radius 3 is 2.42 bits per heavy atom. The quantitative estimate of drug-likeness (QED) is 0.403. The zero-order chi connectivity index (χ0) is 23.5. The smallest absolute Gasteiger partial charge is 0.258 e. The molecule has 0 aliphatic carbocycles. The van der Waals surface area contributed by atoms with Crippen LogP contribution in [-0.4, -0.2) is 37.8 Å². The van der Waals surface area contributed by atoms with Crippen LogP contribution in [0.1, 0.15) is 34.0 Å². The molecule has 168 valence electrons. The first-order chi connectivity index (χ1) is 15.9. The van der Waals surface area contributed by atoms with Crippen LogP contribution in [0, 0.1) is 0 Å². The van der Waals surface area contributed by atoms with Crippen molar-refractivity contribution in [1.82, 2.24) is 4.90 Å². The Balaban J connectivity index is 1.85. The van der Waals surface area contributed by atoms with Gasteiger partial charge in [-0.25, -0.2) is 0 Å². The van der Waals surface area contributed by atoms with Crippen LogP contribution in [0.5, 0.6) is 5.75 Å². The third kappa shape index (κ3) is 4.81. The van der Waals surface area contributed by atoms with Crippen LogP contribution in [0.25, 0.3) is 11.3 Å². The number of benzene rings is 3. The van der Waals surface area contributed by atoms with Gasteiger partial charge < -0.3 is 20.3 Å². The van der Waals surface area contributed by atoms with E-state index in [0.29, 0.717) is 33.8 Å². The fourth-order valence-electron chi connectivity index (χ4n) is 3.89. The number of methoxy groups -OCH3 is 1. The molecule has 6 heteroatoms. The molecule has 0 radical (unpaired) electrons. The van der Waals surface area contributed by atoms with Gasteiger partial charge in [0, 0.05) is 34.6 Å². The molecular weight excluding hydrogens is 414 g/mol. The Morgan fingerprint density at radius 1 is 1.00 bits per heavy atom. The molecule has 0 spiro atoms. The third-order valence-electron chi connectivity index (χ3n) is 5.50. The number of Topliss-reactive ketones (excluding diaryl/α,β-unsaturated/α-hetero) is 1. The number of fused-ring (bicyclic) bond motifs is 1. The zero-order valence-electron chi connectivity index (χ0n) is 19.2. The van der Waals surface area contributed by atoms with Crippen LogP contribution in [0.2, 0.25) is 0 Å². The van der Waals surface area contributed by atoms with E-state index >= 15 is 0 Å². The number of hydrogen-bond acceptors (Lipinski definition) is 5. The van der Waals surface area contributed by atoms with Gasteiger partial charge in [-0.15, -0.1) is 0 Å². The Hall–Kier alpha value is -3.90. The van der Waals surface area contributed by atoms with Crippen molar-refractivity contribution in [2.45, 2.75) is 13.5 Å². The van der Waals surface area contributed by atoms with Crippen LogP contribution in [-0.2, 0) is 11.3 Å². The van der Waals surface area contributed by atoms with E-state index in [4.69, 9.17) is 4.74 Å². The van der Waals surface area contributed by atoms with E-state index in [-0.39, 0.29) is 11.7 Å². The summed E-state index contributed by atoms with van der Waals surface area (Å²) in [6.07, 6.45) is 0. The number of ketones is 1. The van der Waals surface area contributed by atoms with Crippen molar-refractivity contribution in [3.8, 4) is 5.75 Å². The molecule has 3 aromatic rings. The number of hydrogen-bond donors (Lipinski definition) is 2. The molecule has 4 rings (SSSR count). The van der Waals surface area contributed by atoms with Crippen molar-refractivity contribution in [3.63, 3.8) is 0 Å². The largest absolute Gasteiger partial charge is 0.497 e. The highest BCUT2D eigenvalue weighted by atomic mass is 16.5. The lowest BCUT2D eigenvalue weighted by Crippen LogP contribution is -2.11. The first-order valence-electron chi connectivity index (χ1n) is 10.7. The summed E-state index contributed by atoms with van der Waals surface area (Å²) in [7, 11) is 5.67. The SMILES string of the molecule is COc1cccc(/C(Nc2ccc(CN(C)C)cc2)=C2/C(=O)Nc3ccc(C(C)=O)cc32)c1. The van der Waals surface area contributed by atoms with E-state index in [9.17, 15) is 9.59 Å². The molecular formula is C27H27N3O3. The number of rotatable bonds is 7. The number of nitrogens with zero attached hydrogens (tertiary/aromatic N) is 1. The third-order valence-corrected chi connectivity index (χ3v) is 5.50. The van der Waals surface area contributed by atoms with Crippen molar-refractivity contribution in [2.24, 2.45) is 0 Å². The second kappa shape index (κ2) is 9.30. The fraction of sp³-hybridized carbons (Fsp3) is 0.185. The molecule has 0 aromatic heterocycles. The van der Waals surface area contributed by atoms with E-state index in [1.165, 1.54) is 12.5 Å². The first kappa shape index (κ1) is 22.3. The number of ether oxygens (including phenoxy) is 1. The lowest BCUT2D eigenvalue weighted by molar-refractivity contribution is -0.110. The molecule has 0 atom stereocenters. The lowest BCUT2D eigenvalue weighted by atomic mass is 9.97. The molecule has 2 N–H and O–H groups in total. The summed E-state index contributed by atoms with van der Waals surface area (Å²) in [4.78, 5) is 27.2. The highest BCUT2D eigenvalue weighted by Gasteiger charge is 2.29. The average Bonchev–Trinajstić information content (AvgIpc) is 3.13. The lowest BCUT2D eigenvalue weighted by Gasteiger charge is -2.16. The standard InChI is InChI=1S/C27H27N3O3/c1-17(31)19-10-13-24-23(15-19)25(27(32)29-24)26(20-6-5-7-22(14-20)33-4)28-21-11-8-18(9-12-21)16-30(2)3/h5-15,28H,16H2,1-4H3,(H,29,32)/b26-25-. The number of anilines is 2. The highest BCUT2D eigenvalue weighted by molar-refractivity contribution is 6.37. The topological polar surface area (TPSA) is 70.7 Å². The molecule has 1 aliphatic rings. The van der Waals surface area contributed by atoms with Crippen molar-refractivity contribution in [3.05, 3.63) is 89.0 Å². The normalized spacial score (nSPS) is 14.0. The summed E-state index contributed by atoms with van der Waals surface area (Å²) in [5.41, 5.74) is 5.91. The second-order valence-corrected chi connectivity index (χ2v) is 8.31. The molecule has 0 fully saturated rings. The Bertz CT molecular complexity index is 1240. The fourth-order valence-corrected chi connectivity index (χ4v) is 3.89. The number of carbonyl (C=O) groups is 2. The van der Waals surface area contributed by atoms with E-state index in [1.54, 1.807) is 25.3 Å². The van der Waals surface area contributed by atoms with Gasteiger partial charge in [0.05, 0.1) is 18.4 Å². The minimum atomic E-state index is -0.222. The van der Waals surface area contributed by atoms with Crippen molar-refractivity contribution in [1.29, 1.82) is 0 Å². The van der Waals surface area contributed by atoms with Gasteiger partial charge in [-0.05, 0) is 69.0 Å². The van der Waals surface area contributed by atoms with Crippen LogP contribution in [0.15, 0.2) is 66.7 Å². The minimum absolute atomic E-state index is 0.0520. The predicted molar refractivity (Wildman–Crippen MR) is 132 cm³/mol. The molecule has 1 amide bonds. The molecule has 1 heterocycles. The van der Waals surface area contributed by atoms with E-state index in [2.05, 4.69) is 27.7 Å². The van der Waals surface area contributed by atoms with Gasteiger partial charge in [0.25, 0.3) is 5.91 Å². The summed E-state index contributed by atoms with van der Waals surface area (Å²) in [6, 6.07) is 21.0. The van der Waals surface area contributed by atoms with Gasteiger partial charge in [0.1, 0.15) is 5.75 Å². The zero-order valence-corrected chi connectivity index (χ0v) is 19.2. The summed E-state index contributed by atoms with van der Waals surface area (Å²) in [6.45, 7) is 2.36. The molecule has 0 unspecified atom stereocenters. The van der Waals surface area contributed by atoms with Gasteiger partial charge in [-0.3, -0.25) is 9.59 Å². The molecule has 0 saturated heterocycles. The van der Waals surface area contributed by atoms with Crippen molar-refractivity contribution in [2.75, 3.05) is 31.8 Å². The van der Waals surface area contributed by atoms with Crippen LogP contribution < -0.4 is 15.4 Å². The van der Waals surface area contributed by atoms with Gasteiger partial charge in [-0.1, -0.05) is 24.3 Å². The maximum Gasteiger partial charge on any atom is 0.258 e. The van der Waals surface area contributed by atoms with Crippen molar-refractivity contribution >= 4 is 34.3 Å². The van der Waals surface area contributed by atoms with Crippen LogP contribution >= 0.6 is 0 Å². The van der Waals surface area contributed by atoms with Gasteiger partial charge >= 0.3 is 0 Å². The summed E-state index contributed by atoms with van der Waals surface area (Å²) in [5.74, 6) is 0.411. The van der Waals surface area contributed by atoms with Crippen LogP contribution in [0.4, 0.5) is 11.4 Å². The highest BCUT2D eigenvalue weighted by Crippen LogP contribution is 2.38. The number of amides is 1. The summed E-state index contributed by atoms with van der Waals surface area (Å²) < 4.78 is 5.42. The van der Waals surface area contributed by atoms with E-state index < -0.39 is 0 Å². The van der Waals surface area contributed by atoms with Crippen molar-refractivity contribution < 1.29 is 14.3 Å². The Kier molecular flexibility index (Phi) is 6.29. The molecule has 6 nitrogen and oxygen atoms in total. The first-order valence-corrected chi connectivity index (χ1v) is 10.7. The minimum Gasteiger partial charge on any atom is -0.497 e. The Labute approximate surface area is 193 Å². The molecule has 33 heavy (non-hydrogen) atoms. The summed E-state index contributed by atoms with van der Waals surface area (Å²) in [5, 5.41) is 6.38. The van der Waals surface area contributed by atoms with Gasteiger partial charge in [0.2, 0.25) is 0 Å². The Morgan fingerprint density at radius 2 is 1.76 bits per heavy atom. The van der Waals surface area contributed by atoms with E-state index in [0.717, 1.165) is 17.8 Å². The maximum absolute atomic E-state index is 13.1. The van der Waals surface area contributed by atoms with Gasteiger partial charge in [0.15, 0.2) is 5.78 Å². The molecule has 3 aromatic carbocycles. The number of carbonyl (C=O) groups excluding carboxylic acids is 2. The maximum atomic E-state index is 13.1. The average molecular weight is 442 g/mol. The molecule has 0 saturated carbocycles. The second-order valence-electron chi connectivity index (χ2n) is 8.31. The molecule has 0 bridgehead atoms. The monoisotopic (exact) mass is 441 g/mol. The van der Waals surface area contributed by atoms with Crippen LogP contribution in [0.3, 0.4) is 0 Å². The predicted octanol–water partition coefficient (Wildman–Crippen LogP) is 4.89. The molecule has 1 aliphatic heterocycles. The summed E-state index contributed by atoms with van der Waals surface area (Å²) >= 11 is 0. The number of nitrogens with one attached hydrogen (secondary N) is 2.